The number of piperidine rings is 1. The number of esters is 1. The second kappa shape index (κ2) is 12.5. The molecule has 1 aliphatic heterocycles. The lowest BCUT2D eigenvalue weighted by molar-refractivity contribution is -0.144. The molecule has 1 amide bonds. The molecule has 0 spiro atoms. The topological polar surface area (TPSA) is 101 Å². The summed E-state index contributed by atoms with van der Waals surface area (Å²) in [5.41, 5.74) is 2.39. The molecule has 0 bridgehead atoms. The predicted octanol–water partition coefficient (Wildman–Crippen LogP) is 2.41. The van der Waals surface area contributed by atoms with Gasteiger partial charge in [0, 0.05) is 50.2 Å². The van der Waals surface area contributed by atoms with Crippen molar-refractivity contribution in [3.63, 3.8) is 0 Å². The van der Waals surface area contributed by atoms with Crippen LogP contribution in [0, 0.1) is 6.92 Å². The summed E-state index contributed by atoms with van der Waals surface area (Å²) < 4.78 is 7.03. The van der Waals surface area contributed by atoms with E-state index < -0.39 is 6.04 Å². The van der Waals surface area contributed by atoms with E-state index in [0.717, 1.165) is 50.3 Å². The molecule has 1 aliphatic rings. The van der Waals surface area contributed by atoms with Gasteiger partial charge in [0.15, 0.2) is 5.11 Å². The van der Waals surface area contributed by atoms with Crippen molar-refractivity contribution in [2.45, 2.75) is 58.5 Å². The van der Waals surface area contributed by atoms with Crippen molar-refractivity contribution in [1.29, 1.82) is 0 Å². The van der Waals surface area contributed by atoms with Crippen molar-refractivity contribution in [2.24, 2.45) is 0 Å². The Morgan fingerprint density at radius 2 is 2.06 bits per heavy atom. The first-order chi connectivity index (χ1) is 16.4. The number of aryl methyl sites for hydroxylation is 2. The zero-order valence-corrected chi connectivity index (χ0v) is 20.9. The van der Waals surface area contributed by atoms with Crippen LogP contribution in [-0.2, 0) is 16.1 Å². The highest BCUT2D eigenvalue weighted by molar-refractivity contribution is 7.80. The third-order valence-corrected chi connectivity index (χ3v) is 6.27. The summed E-state index contributed by atoms with van der Waals surface area (Å²) in [5.74, 6) is -0.228. The number of hydrogen-bond donors (Lipinski definition) is 2. The van der Waals surface area contributed by atoms with Crippen molar-refractivity contribution in [3.8, 4) is 0 Å². The first-order valence-electron chi connectivity index (χ1n) is 11.8. The highest BCUT2D eigenvalue weighted by Gasteiger charge is 2.28. The minimum absolute atomic E-state index is 0.0870. The number of aromatic nitrogens is 3. The van der Waals surface area contributed by atoms with Crippen molar-refractivity contribution in [2.75, 3.05) is 26.2 Å². The zero-order chi connectivity index (χ0) is 24.5. The quantitative estimate of drug-likeness (QED) is 0.317. The molecule has 0 saturated carbocycles. The number of carbonyl (C=O) groups excluding carboxylic acids is 2. The molecule has 3 rings (SSSR count). The maximum atomic E-state index is 12.9. The molecule has 34 heavy (non-hydrogen) atoms. The van der Waals surface area contributed by atoms with Crippen LogP contribution in [-0.4, -0.2) is 68.7 Å². The Kier molecular flexibility index (Phi) is 9.38. The summed E-state index contributed by atoms with van der Waals surface area (Å²) in [4.78, 5) is 35.7. The first kappa shape index (κ1) is 25.6. The summed E-state index contributed by atoms with van der Waals surface area (Å²) in [6, 6.07) is 3.27. The number of hydrogen-bond acceptors (Lipinski definition) is 6. The Hall–Kier alpha value is -3.01. The third-order valence-electron chi connectivity index (χ3n) is 5.90. The molecule has 2 aromatic rings. The van der Waals surface area contributed by atoms with Crippen LogP contribution >= 0.6 is 12.2 Å². The fourth-order valence-corrected chi connectivity index (χ4v) is 4.38. The lowest BCUT2D eigenvalue weighted by Gasteiger charge is -2.34. The van der Waals surface area contributed by atoms with Crippen LogP contribution in [0.4, 0.5) is 0 Å². The lowest BCUT2D eigenvalue weighted by atomic mass is 9.90. The Bertz CT molecular complexity index is 973. The monoisotopic (exact) mass is 486 g/mol. The molecule has 9 nitrogen and oxygen atoms in total. The lowest BCUT2D eigenvalue weighted by Crippen LogP contribution is -2.49. The molecule has 10 heteroatoms. The molecule has 0 radical (unpaired) electrons. The Morgan fingerprint density at radius 1 is 1.29 bits per heavy atom. The fraction of sp³-hybridized carbons (Fsp3) is 0.542. The highest BCUT2D eigenvalue weighted by Crippen LogP contribution is 2.29. The Balaban J connectivity index is 1.54. The minimum atomic E-state index is -0.493. The van der Waals surface area contributed by atoms with E-state index in [-0.39, 0.29) is 17.8 Å². The van der Waals surface area contributed by atoms with Gasteiger partial charge in [-0.05, 0) is 64.4 Å². The molecule has 0 aliphatic carbocycles. The number of ether oxygens (including phenoxy) is 1. The standard InChI is InChI=1S/C24H34N6O3S/c1-4-33-23(32)18(3)28-24(34)30-13-8-19(9-14-30)21-20(7-6-17(2)27-21)22(31)26-10-5-12-29-15-11-25-16-29/h6-7,11,15-16,18-19H,4-5,8-10,12-14H2,1-3H3,(H,26,31)(H,28,34). The molecule has 0 aromatic carbocycles. The van der Waals surface area contributed by atoms with Crippen LogP contribution < -0.4 is 10.6 Å². The number of pyridine rings is 1. The molecule has 1 fully saturated rings. The Morgan fingerprint density at radius 3 is 2.74 bits per heavy atom. The van der Waals surface area contributed by atoms with Crippen LogP contribution in [0.15, 0.2) is 30.9 Å². The Labute approximate surface area is 206 Å². The number of rotatable bonds is 9. The van der Waals surface area contributed by atoms with E-state index in [4.69, 9.17) is 21.9 Å². The van der Waals surface area contributed by atoms with Gasteiger partial charge >= 0.3 is 5.97 Å². The van der Waals surface area contributed by atoms with Crippen molar-refractivity contribution in [3.05, 3.63) is 47.8 Å². The van der Waals surface area contributed by atoms with Crippen molar-refractivity contribution < 1.29 is 14.3 Å². The van der Waals surface area contributed by atoms with Crippen LogP contribution in [0.3, 0.4) is 0 Å². The first-order valence-corrected chi connectivity index (χ1v) is 12.2. The van der Waals surface area contributed by atoms with Gasteiger partial charge in [-0.25, -0.2) is 9.78 Å². The largest absolute Gasteiger partial charge is 0.464 e. The summed E-state index contributed by atoms with van der Waals surface area (Å²) >= 11 is 5.51. The highest BCUT2D eigenvalue weighted by atomic mass is 32.1. The minimum Gasteiger partial charge on any atom is -0.464 e. The number of likely N-dealkylation sites (tertiary alicyclic amines) is 1. The zero-order valence-electron chi connectivity index (χ0n) is 20.1. The van der Waals surface area contributed by atoms with E-state index >= 15 is 0 Å². The molecule has 1 unspecified atom stereocenters. The maximum absolute atomic E-state index is 12.9. The van der Waals surface area contributed by atoms with Crippen LogP contribution in [0.1, 0.15) is 60.8 Å². The summed E-state index contributed by atoms with van der Waals surface area (Å²) in [7, 11) is 0. The van der Waals surface area contributed by atoms with E-state index in [9.17, 15) is 9.59 Å². The van der Waals surface area contributed by atoms with Gasteiger partial charge in [0.2, 0.25) is 0 Å². The molecular formula is C24H34N6O3S. The fourth-order valence-electron chi connectivity index (χ4n) is 4.02. The smallest absolute Gasteiger partial charge is 0.328 e. The maximum Gasteiger partial charge on any atom is 0.328 e. The third kappa shape index (κ3) is 6.99. The van der Waals surface area contributed by atoms with E-state index in [2.05, 4.69) is 20.5 Å². The van der Waals surface area contributed by atoms with Crippen molar-refractivity contribution in [1.82, 2.24) is 30.1 Å². The number of imidazole rings is 1. The summed E-state index contributed by atoms with van der Waals surface area (Å²) in [6.45, 7) is 8.66. The second-order valence-electron chi connectivity index (χ2n) is 8.48. The van der Waals surface area contributed by atoms with Crippen LogP contribution in [0.5, 0.6) is 0 Å². The average Bonchev–Trinajstić information content (AvgIpc) is 3.35. The van der Waals surface area contributed by atoms with E-state index in [1.807, 2.05) is 29.8 Å². The van der Waals surface area contributed by atoms with Gasteiger partial charge in [-0.2, -0.15) is 0 Å². The summed E-state index contributed by atoms with van der Waals surface area (Å²) in [6.07, 6.45) is 7.91. The van der Waals surface area contributed by atoms with Gasteiger partial charge in [0.05, 0.1) is 24.2 Å². The van der Waals surface area contributed by atoms with Crippen molar-refractivity contribution >= 4 is 29.2 Å². The molecular weight excluding hydrogens is 452 g/mol. The van der Waals surface area contributed by atoms with Gasteiger partial charge in [-0.15, -0.1) is 0 Å². The average molecular weight is 487 g/mol. The van der Waals surface area contributed by atoms with Gasteiger partial charge in [-0.3, -0.25) is 9.78 Å². The van der Waals surface area contributed by atoms with E-state index in [0.29, 0.717) is 23.8 Å². The molecule has 2 aromatic heterocycles. The second-order valence-corrected chi connectivity index (χ2v) is 8.87. The van der Waals surface area contributed by atoms with Crippen LogP contribution in [0.2, 0.25) is 0 Å². The number of nitrogens with zero attached hydrogens (tertiary/aromatic N) is 4. The molecule has 3 heterocycles. The van der Waals surface area contributed by atoms with Gasteiger partial charge in [0.25, 0.3) is 5.91 Å². The molecule has 1 saturated heterocycles. The molecule has 184 valence electrons. The number of carbonyl (C=O) groups is 2. The van der Waals surface area contributed by atoms with Gasteiger partial charge < -0.3 is 24.8 Å². The normalized spacial score (nSPS) is 15.0. The molecule has 2 N–H and O–H groups in total. The van der Waals surface area contributed by atoms with Gasteiger partial charge in [0.1, 0.15) is 6.04 Å². The van der Waals surface area contributed by atoms with Crippen LogP contribution in [0.25, 0.3) is 0 Å². The predicted molar refractivity (Wildman–Crippen MR) is 134 cm³/mol. The molecule has 1 atom stereocenters. The number of amides is 1. The summed E-state index contributed by atoms with van der Waals surface area (Å²) in [5, 5.41) is 6.64. The SMILES string of the molecule is CCOC(=O)C(C)NC(=S)N1CCC(c2nc(C)ccc2C(=O)NCCCn2ccnc2)CC1. The number of thiocarbonyl (C=S) groups is 1. The van der Waals surface area contributed by atoms with E-state index in [1.165, 1.54) is 0 Å². The van der Waals surface area contributed by atoms with Gasteiger partial charge in [-0.1, -0.05) is 0 Å². The van der Waals surface area contributed by atoms with E-state index in [1.54, 1.807) is 26.4 Å². The number of nitrogens with one attached hydrogen (secondary N) is 2.